The Balaban J connectivity index is 1.40. The van der Waals surface area contributed by atoms with Crippen molar-refractivity contribution < 1.29 is 19.1 Å². The summed E-state index contributed by atoms with van der Waals surface area (Å²) in [4.78, 5) is 45.9. The zero-order chi connectivity index (χ0) is 21.1. The molecule has 0 saturated heterocycles. The molecular formula is C22H22N4O4. The molecule has 1 aliphatic heterocycles. The molecule has 0 atom stereocenters. The third-order valence-corrected chi connectivity index (χ3v) is 4.97. The number of H-pyrrole nitrogens is 1. The Hall–Kier alpha value is -3.68. The van der Waals surface area contributed by atoms with Crippen LogP contribution in [0.3, 0.4) is 0 Å². The van der Waals surface area contributed by atoms with Crippen LogP contribution in [0, 0.1) is 0 Å². The lowest BCUT2D eigenvalue weighted by atomic mass is 10.1. The number of benzene rings is 2. The molecule has 0 aliphatic carbocycles. The molecule has 8 heteroatoms. The first-order valence-electron chi connectivity index (χ1n) is 9.86. The number of para-hydroxylation sites is 2. The number of nitrogens with one attached hydrogen (secondary N) is 2. The molecule has 0 unspecified atom stereocenters. The lowest BCUT2D eigenvalue weighted by Crippen LogP contribution is -2.45. The van der Waals surface area contributed by atoms with Gasteiger partial charge in [0, 0.05) is 24.9 Å². The van der Waals surface area contributed by atoms with E-state index < -0.39 is 0 Å². The highest BCUT2D eigenvalue weighted by Crippen LogP contribution is 2.33. The summed E-state index contributed by atoms with van der Waals surface area (Å²) in [5.41, 5.74) is 2.77. The zero-order valence-corrected chi connectivity index (χ0v) is 16.6. The number of ketones is 1. The molecule has 2 aromatic carbocycles. The third kappa shape index (κ3) is 4.03. The minimum Gasteiger partial charge on any atom is -0.482 e. The van der Waals surface area contributed by atoms with Crippen LogP contribution in [0.15, 0.2) is 42.5 Å². The van der Waals surface area contributed by atoms with Crippen LogP contribution in [0.4, 0.5) is 5.69 Å². The van der Waals surface area contributed by atoms with Gasteiger partial charge in [0.25, 0.3) is 5.91 Å². The highest BCUT2D eigenvalue weighted by molar-refractivity contribution is 6.04. The largest absolute Gasteiger partial charge is 0.482 e. The minimum atomic E-state index is -0.323. The Bertz CT molecular complexity index is 1090. The number of nitrogens with zero attached hydrogens (tertiary/aromatic N) is 2. The van der Waals surface area contributed by atoms with Crippen molar-refractivity contribution in [1.29, 1.82) is 0 Å². The van der Waals surface area contributed by atoms with E-state index in [2.05, 4.69) is 15.3 Å². The quantitative estimate of drug-likeness (QED) is 0.586. The molecule has 2 amide bonds. The molecule has 154 valence electrons. The molecule has 1 aromatic heterocycles. The smallest absolute Gasteiger partial charge is 0.265 e. The van der Waals surface area contributed by atoms with Gasteiger partial charge in [0.15, 0.2) is 12.4 Å². The zero-order valence-electron chi connectivity index (χ0n) is 16.6. The fourth-order valence-electron chi connectivity index (χ4n) is 3.40. The van der Waals surface area contributed by atoms with Crippen molar-refractivity contribution in [1.82, 2.24) is 15.3 Å². The number of aromatic nitrogens is 2. The van der Waals surface area contributed by atoms with E-state index in [0.717, 1.165) is 16.9 Å². The second-order valence-corrected chi connectivity index (χ2v) is 7.03. The Morgan fingerprint density at radius 1 is 1.23 bits per heavy atom. The first-order chi connectivity index (χ1) is 14.5. The van der Waals surface area contributed by atoms with Crippen LogP contribution < -0.4 is 15.0 Å². The van der Waals surface area contributed by atoms with Gasteiger partial charge in [-0.25, -0.2) is 4.98 Å². The molecule has 0 bridgehead atoms. The van der Waals surface area contributed by atoms with E-state index in [-0.39, 0.29) is 30.7 Å². The summed E-state index contributed by atoms with van der Waals surface area (Å²) in [6.45, 7) is 1.88. The normalized spacial score (nSPS) is 13.1. The molecule has 8 nitrogen and oxygen atoms in total. The maximum atomic E-state index is 12.5. The van der Waals surface area contributed by atoms with Gasteiger partial charge in [0.1, 0.15) is 18.1 Å². The van der Waals surface area contributed by atoms with Gasteiger partial charge >= 0.3 is 0 Å². The van der Waals surface area contributed by atoms with Crippen molar-refractivity contribution in [3.05, 3.63) is 53.9 Å². The average molecular weight is 406 g/mol. The van der Waals surface area contributed by atoms with Crippen LogP contribution in [-0.4, -0.2) is 47.3 Å². The summed E-state index contributed by atoms with van der Waals surface area (Å²) in [6, 6.07) is 12.7. The van der Waals surface area contributed by atoms with E-state index in [0.29, 0.717) is 36.4 Å². The molecule has 0 saturated carbocycles. The predicted octanol–water partition coefficient (Wildman–Crippen LogP) is 2.24. The Labute approximate surface area is 173 Å². The first kappa shape index (κ1) is 19.6. The van der Waals surface area contributed by atoms with E-state index in [1.54, 1.807) is 25.1 Å². The van der Waals surface area contributed by atoms with Gasteiger partial charge < -0.3 is 15.0 Å². The topological polar surface area (TPSA) is 104 Å². The van der Waals surface area contributed by atoms with Crippen molar-refractivity contribution in [2.75, 3.05) is 24.6 Å². The second-order valence-electron chi connectivity index (χ2n) is 7.03. The highest BCUT2D eigenvalue weighted by Gasteiger charge is 2.28. The lowest BCUT2D eigenvalue weighted by Gasteiger charge is -2.29. The van der Waals surface area contributed by atoms with Gasteiger partial charge in [0.05, 0.1) is 16.7 Å². The van der Waals surface area contributed by atoms with Gasteiger partial charge in [-0.3, -0.25) is 19.3 Å². The number of carbonyl (C=O) groups is 3. The Morgan fingerprint density at radius 2 is 2.07 bits per heavy atom. The number of fused-ring (bicyclic) bond motifs is 2. The van der Waals surface area contributed by atoms with Crippen molar-refractivity contribution >= 4 is 34.3 Å². The summed E-state index contributed by atoms with van der Waals surface area (Å²) < 4.78 is 5.44. The summed E-state index contributed by atoms with van der Waals surface area (Å²) in [7, 11) is 0. The van der Waals surface area contributed by atoms with Crippen molar-refractivity contribution in [3.63, 3.8) is 0 Å². The Kier molecular flexibility index (Phi) is 5.47. The number of anilines is 1. The van der Waals surface area contributed by atoms with Gasteiger partial charge in [0.2, 0.25) is 5.91 Å². The number of hydrogen-bond acceptors (Lipinski definition) is 5. The lowest BCUT2D eigenvalue weighted by molar-refractivity contribution is -0.125. The van der Waals surface area contributed by atoms with Crippen LogP contribution in [0.2, 0.25) is 0 Å². The molecule has 1 aliphatic rings. The van der Waals surface area contributed by atoms with Crippen molar-refractivity contribution in [2.45, 2.75) is 19.8 Å². The maximum absolute atomic E-state index is 12.5. The Morgan fingerprint density at radius 3 is 2.87 bits per heavy atom. The second kappa shape index (κ2) is 8.36. The van der Waals surface area contributed by atoms with E-state index in [1.165, 1.54) is 4.90 Å². The minimum absolute atomic E-state index is 0.0361. The first-order valence-corrected chi connectivity index (χ1v) is 9.86. The number of hydrogen-bond donors (Lipinski definition) is 2. The van der Waals surface area contributed by atoms with Crippen LogP contribution in [-0.2, 0) is 16.0 Å². The van der Waals surface area contributed by atoms with Crippen LogP contribution >= 0.6 is 0 Å². The van der Waals surface area contributed by atoms with Crippen molar-refractivity contribution in [3.8, 4) is 5.75 Å². The molecule has 0 radical (unpaired) electrons. The van der Waals surface area contributed by atoms with E-state index in [9.17, 15) is 14.4 Å². The molecule has 0 fully saturated rings. The summed E-state index contributed by atoms with van der Waals surface area (Å²) in [6.07, 6.45) is 0.902. The number of carbonyl (C=O) groups excluding carboxylic acids is 3. The number of ether oxygens (including phenoxy) is 1. The van der Waals surface area contributed by atoms with Gasteiger partial charge in [-0.2, -0.15) is 0 Å². The number of Topliss-reactive ketones (excluding diaryl/α,β-unsaturated/α-hetero) is 1. The molecule has 4 rings (SSSR count). The standard InChI is InChI=1S/C22H22N4O4/c1-2-18(27)14-7-8-19-17(11-14)26(22(29)13-30-19)12-21(28)23-10-9-20-24-15-5-3-4-6-16(15)25-20/h3-8,11H,2,9-10,12-13H2,1H3,(H,23,28)(H,24,25). The van der Waals surface area contributed by atoms with Crippen LogP contribution in [0.1, 0.15) is 29.5 Å². The third-order valence-electron chi connectivity index (χ3n) is 4.97. The highest BCUT2D eigenvalue weighted by atomic mass is 16.5. The average Bonchev–Trinajstić information content (AvgIpc) is 3.17. The molecule has 3 aromatic rings. The van der Waals surface area contributed by atoms with Crippen LogP contribution in [0.25, 0.3) is 11.0 Å². The maximum Gasteiger partial charge on any atom is 0.265 e. The summed E-state index contributed by atoms with van der Waals surface area (Å²) >= 11 is 0. The van der Waals surface area contributed by atoms with Crippen molar-refractivity contribution in [2.24, 2.45) is 0 Å². The number of rotatable bonds is 7. The van der Waals surface area contributed by atoms with E-state index >= 15 is 0 Å². The molecular weight excluding hydrogens is 384 g/mol. The SMILES string of the molecule is CCC(=O)c1ccc2c(c1)N(CC(=O)NCCc1nc3ccccc3[nH]1)C(=O)CO2. The summed E-state index contributed by atoms with van der Waals surface area (Å²) in [5, 5.41) is 2.82. The van der Waals surface area contributed by atoms with Crippen LogP contribution in [0.5, 0.6) is 5.75 Å². The molecule has 2 heterocycles. The monoisotopic (exact) mass is 406 g/mol. The van der Waals surface area contributed by atoms with Gasteiger partial charge in [-0.15, -0.1) is 0 Å². The number of imidazole rings is 1. The molecule has 0 spiro atoms. The van der Waals surface area contributed by atoms with E-state index in [1.807, 2.05) is 24.3 Å². The predicted molar refractivity (Wildman–Crippen MR) is 112 cm³/mol. The van der Waals surface area contributed by atoms with E-state index in [4.69, 9.17) is 4.74 Å². The van der Waals surface area contributed by atoms with Gasteiger partial charge in [-0.05, 0) is 30.3 Å². The van der Waals surface area contributed by atoms with Gasteiger partial charge in [-0.1, -0.05) is 19.1 Å². The fourth-order valence-corrected chi connectivity index (χ4v) is 3.40. The fraction of sp³-hybridized carbons (Fsp3) is 0.273. The number of aromatic amines is 1. The molecule has 2 N–H and O–H groups in total. The molecule has 30 heavy (non-hydrogen) atoms. The summed E-state index contributed by atoms with van der Waals surface area (Å²) in [5.74, 6) is 0.617. The number of amides is 2.